The third kappa shape index (κ3) is 2.93. The van der Waals surface area contributed by atoms with Crippen molar-refractivity contribution >= 4 is 10.8 Å². The highest BCUT2D eigenvalue weighted by atomic mass is 14.2. The number of fused-ring (bicyclic) bond motifs is 1. The number of unbranched alkanes of at least 4 members (excludes halogenated alkanes) is 1. The SMILES string of the molecule is CCCCC(CCC)c1cccc2ccccc12. The minimum atomic E-state index is 0.737. The van der Waals surface area contributed by atoms with Crippen LogP contribution in [0.5, 0.6) is 0 Å². The van der Waals surface area contributed by atoms with Crippen molar-refractivity contribution in [3.05, 3.63) is 48.0 Å². The molecule has 2 aromatic rings. The average molecular weight is 240 g/mol. The van der Waals surface area contributed by atoms with Crippen molar-refractivity contribution in [3.63, 3.8) is 0 Å². The molecule has 0 heteroatoms. The molecule has 0 fully saturated rings. The number of rotatable bonds is 6. The van der Waals surface area contributed by atoms with Gasteiger partial charge in [0.1, 0.15) is 0 Å². The minimum absolute atomic E-state index is 0.737. The van der Waals surface area contributed by atoms with Gasteiger partial charge < -0.3 is 0 Å². The molecule has 96 valence electrons. The first kappa shape index (κ1) is 13.1. The van der Waals surface area contributed by atoms with E-state index in [4.69, 9.17) is 0 Å². The van der Waals surface area contributed by atoms with Crippen molar-refractivity contribution in [1.82, 2.24) is 0 Å². The van der Waals surface area contributed by atoms with Crippen molar-refractivity contribution in [2.75, 3.05) is 0 Å². The fraction of sp³-hybridized carbons (Fsp3) is 0.444. The smallest absolute Gasteiger partial charge is 0.0149 e. The van der Waals surface area contributed by atoms with Gasteiger partial charge in [-0.05, 0) is 35.1 Å². The third-order valence-corrected chi connectivity index (χ3v) is 3.81. The van der Waals surface area contributed by atoms with Gasteiger partial charge in [0, 0.05) is 0 Å². The standard InChI is InChI=1S/C18H24/c1-3-5-10-15(9-4-2)18-14-8-12-16-11-6-7-13-17(16)18/h6-8,11-15H,3-5,9-10H2,1-2H3. The molecule has 0 radical (unpaired) electrons. The molecule has 0 aliphatic heterocycles. The molecule has 0 nitrogen and oxygen atoms in total. The zero-order valence-corrected chi connectivity index (χ0v) is 11.7. The summed E-state index contributed by atoms with van der Waals surface area (Å²) in [6, 6.07) is 15.6. The second-order valence-electron chi connectivity index (χ2n) is 5.20. The van der Waals surface area contributed by atoms with Gasteiger partial charge in [-0.1, -0.05) is 75.6 Å². The Hall–Kier alpha value is -1.30. The Morgan fingerprint density at radius 3 is 2.39 bits per heavy atom. The molecule has 0 amide bonds. The van der Waals surface area contributed by atoms with Crippen molar-refractivity contribution in [2.24, 2.45) is 0 Å². The van der Waals surface area contributed by atoms with Gasteiger partial charge in [0.15, 0.2) is 0 Å². The van der Waals surface area contributed by atoms with Gasteiger partial charge in [0.05, 0.1) is 0 Å². The van der Waals surface area contributed by atoms with Crippen LogP contribution in [0.1, 0.15) is 57.4 Å². The number of hydrogen-bond acceptors (Lipinski definition) is 0. The maximum absolute atomic E-state index is 2.33. The molecular formula is C18H24. The highest BCUT2D eigenvalue weighted by molar-refractivity contribution is 5.86. The molecule has 0 spiro atoms. The highest BCUT2D eigenvalue weighted by Crippen LogP contribution is 2.32. The predicted molar refractivity (Wildman–Crippen MR) is 81.1 cm³/mol. The average Bonchev–Trinajstić information content (AvgIpc) is 2.43. The Kier molecular flexibility index (Phi) is 4.81. The zero-order chi connectivity index (χ0) is 12.8. The first-order valence-corrected chi connectivity index (χ1v) is 7.34. The molecule has 1 atom stereocenters. The molecule has 1 unspecified atom stereocenters. The van der Waals surface area contributed by atoms with E-state index < -0.39 is 0 Å². The first-order chi connectivity index (χ1) is 8.86. The van der Waals surface area contributed by atoms with Gasteiger partial charge in [-0.2, -0.15) is 0 Å². The molecule has 0 aromatic heterocycles. The van der Waals surface area contributed by atoms with E-state index in [1.807, 2.05) is 0 Å². The van der Waals surface area contributed by atoms with E-state index in [2.05, 4.69) is 56.3 Å². The van der Waals surface area contributed by atoms with Crippen LogP contribution in [0.25, 0.3) is 10.8 Å². The van der Waals surface area contributed by atoms with Crippen LogP contribution in [0.3, 0.4) is 0 Å². The molecule has 2 rings (SSSR count). The van der Waals surface area contributed by atoms with Crippen molar-refractivity contribution < 1.29 is 0 Å². The molecule has 0 aliphatic carbocycles. The monoisotopic (exact) mass is 240 g/mol. The molecular weight excluding hydrogens is 216 g/mol. The van der Waals surface area contributed by atoms with Crippen LogP contribution < -0.4 is 0 Å². The lowest BCUT2D eigenvalue weighted by atomic mass is 9.86. The van der Waals surface area contributed by atoms with Crippen LogP contribution >= 0.6 is 0 Å². The van der Waals surface area contributed by atoms with Gasteiger partial charge in [-0.15, -0.1) is 0 Å². The number of hydrogen-bond donors (Lipinski definition) is 0. The van der Waals surface area contributed by atoms with E-state index in [1.165, 1.54) is 42.9 Å². The molecule has 0 bridgehead atoms. The zero-order valence-electron chi connectivity index (χ0n) is 11.7. The van der Waals surface area contributed by atoms with E-state index in [9.17, 15) is 0 Å². The Balaban J connectivity index is 2.36. The Labute approximate surface area is 111 Å². The molecule has 0 N–H and O–H groups in total. The fourth-order valence-electron chi connectivity index (χ4n) is 2.86. The topological polar surface area (TPSA) is 0 Å². The van der Waals surface area contributed by atoms with Gasteiger partial charge in [-0.25, -0.2) is 0 Å². The van der Waals surface area contributed by atoms with E-state index in [0.717, 1.165) is 5.92 Å². The van der Waals surface area contributed by atoms with E-state index in [1.54, 1.807) is 5.56 Å². The largest absolute Gasteiger partial charge is 0.0654 e. The minimum Gasteiger partial charge on any atom is -0.0654 e. The van der Waals surface area contributed by atoms with Crippen LogP contribution in [0.4, 0.5) is 0 Å². The van der Waals surface area contributed by atoms with Gasteiger partial charge in [0.2, 0.25) is 0 Å². The summed E-state index contributed by atoms with van der Waals surface area (Å²) >= 11 is 0. The van der Waals surface area contributed by atoms with E-state index in [-0.39, 0.29) is 0 Å². The first-order valence-electron chi connectivity index (χ1n) is 7.34. The van der Waals surface area contributed by atoms with Crippen LogP contribution in [0, 0.1) is 0 Å². The number of benzene rings is 2. The fourth-order valence-corrected chi connectivity index (χ4v) is 2.86. The summed E-state index contributed by atoms with van der Waals surface area (Å²) < 4.78 is 0. The van der Waals surface area contributed by atoms with Crippen molar-refractivity contribution in [1.29, 1.82) is 0 Å². The Morgan fingerprint density at radius 2 is 1.61 bits per heavy atom. The second kappa shape index (κ2) is 6.58. The maximum Gasteiger partial charge on any atom is -0.0149 e. The summed E-state index contributed by atoms with van der Waals surface area (Å²) in [5.41, 5.74) is 1.56. The summed E-state index contributed by atoms with van der Waals surface area (Å²) in [4.78, 5) is 0. The lowest BCUT2D eigenvalue weighted by molar-refractivity contribution is 0.544. The molecule has 2 aromatic carbocycles. The second-order valence-corrected chi connectivity index (χ2v) is 5.20. The summed E-state index contributed by atoms with van der Waals surface area (Å²) in [6.45, 7) is 4.58. The summed E-state index contributed by atoms with van der Waals surface area (Å²) in [5, 5.41) is 2.84. The lowest BCUT2D eigenvalue weighted by Gasteiger charge is -2.18. The Morgan fingerprint density at radius 1 is 0.833 bits per heavy atom. The van der Waals surface area contributed by atoms with Crippen molar-refractivity contribution in [2.45, 2.75) is 51.9 Å². The lowest BCUT2D eigenvalue weighted by Crippen LogP contribution is -1.99. The third-order valence-electron chi connectivity index (χ3n) is 3.81. The van der Waals surface area contributed by atoms with Crippen molar-refractivity contribution in [3.8, 4) is 0 Å². The molecule has 0 saturated heterocycles. The highest BCUT2D eigenvalue weighted by Gasteiger charge is 2.12. The van der Waals surface area contributed by atoms with Crippen LogP contribution in [-0.2, 0) is 0 Å². The Bertz CT molecular complexity index is 479. The normalized spacial score (nSPS) is 12.8. The molecule has 0 aliphatic rings. The van der Waals surface area contributed by atoms with Gasteiger partial charge in [-0.3, -0.25) is 0 Å². The predicted octanol–water partition coefficient (Wildman–Crippen LogP) is 5.91. The summed E-state index contributed by atoms with van der Waals surface area (Å²) in [6.07, 6.45) is 6.56. The quantitative estimate of drug-likeness (QED) is 0.588. The van der Waals surface area contributed by atoms with E-state index >= 15 is 0 Å². The molecule has 0 heterocycles. The van der Waals surface area contributed by atoms with E-state index in [0.29, 0.717) is 0 Å². The van der Waals surface area contributed by atoms with Gasteiger partial charge >= 0.3 is 0 Å². The molecule has 18 heavy (non-hydrogen) atoms. The van der Waals surface area contributed by atoms with Crippen LogP contribution in [-0.4, -0.2) is 0 Å². The maximum atomic E-state index is 2.33. The summed E-state index contributed by atoms with van der Waals surface area (Å²) in [7, 11) is 0. The van der Waals surface area contributed by atoms with Crippen LogP contribution in [0.15, 0.2) is 42.5 Å². The van der Waals surface area contributed by atoms with Gasteiger partial charge in [0.25, 0.3) is 0 Å². The summed E-state index contributed by atoms with van der Waals surface area (Å²) in [5.74, 6) is 0.737. The van der Waals surface area contributed by atoms with Crippen LogP contribution in [0.2, 0.25) is 0 Å². The molecule has 0 saturated carbocycles.